The van der Waals surface area contributed by atoms with E-state index in [1.54, 1.807) is 14.2 Å². The molecule has 0 bridgehead atoms. The highest BCUT2D eigenvalue weighted by Gasteiger charge is 2.35. The van der Waals surface area contributed by atoms with E-state index in [0.29, 0.717) is 16.8 Å². The average Bonchev–Trinajstić information content (AvgIpc) is 3.38. The van der Waals surface area contributed by atoms with Crippen LogP contribution in [0.1, 0.15) is 30.0 Å². The van der Waals surface area contributed by atoms with E-state index in [4.69, 9.17) is 31.2 Å². The molecule has 8 heteroatoms. The van der Waals surface area contributed by atoms with Crippen molar-refractivity contribution in [3.63, 3.8) is 0 Å². The number of hydrogen-bond acceptors (Lipinski definition) is 6. The first-order valence-electron chi connectivity index (χ1n) is 11.5. The number of hydrogen-bond donors (Lipinski definition) is 1. The predicted octanol–water partition coefficient (Wildman–Crippen LogP) is 5.93. The van der Waals surface area contributed by atoms with Crippen LogP contribution in [0.5, 0.6) is 11.5 Å². The number of thiocarbonyl (C=S) groups is 1. The SMILES string of the molecule is COc1ccc(N2C(=S)NC(c3cccc(OC)c3)C(c3nc(-c4cccc(C)c4)no3)=C2C)cc1. The summed E-state index contributed by atoms with van der Waals surface area (Å²) in [6, 6.07) is 23.3. The van der Waals surface area contributed by atoms with Crippen molar-refractivity contribution in [3.8, 4) is 22.9 Å². The summed E-state index contributed by atoms with van der Waals surface area (Å²) in [7, 11) is 3.29. The molecule has 0 radical (unpaired) electrons. The Hall–Kier alpha value is -4.17. The normalized spacial score (nSPS) is 15.6. The Morgan fingerprint density at radius 1 is 0.917 bits per heavy atom. The first-order valence-corrected chi connectivity index (χ1v) is 11.9. The molecule has 7 nitrogen and oxygen atoms in total. The van der Waals surface area contributed by atoms with E-state index in [2.05, 4.69) is 10.5 Å². The molecule has 3 aromatic carbocycles. The molecule has 4 aromatic rings. The number of benzene rings is 3. The van der Waals surface area contributed by atoms with Gasteiger partial charge in [-0.2, -0.15) is 4.98 Å². The molecule has 0 aliphatic carbocycles. The van der Waals surface area contributed by atoms with Crippen LogP contribution in [0.2, 0.25) is 0 Å². The summed E-state index contributed by atoms with van der Waals surface area (Å²) in [5.41, 5.74) is 5.60. The van der Waals surface area contributed by atoms with Gasteiger partial charge in [-0.15, -0.1) is 0 Å². The van der Waals surface area contributed by atoms with Gasteiger partial charge < -0.3 is 19.3 Å². The Labute approximate surface area is 215 Å². The molecule has 1 unspecified atom stereocenters. The van der Waals surface area contributed by atoms with Crippen LogP contribution >= 0.6 is 12.2 Å². The molecular weight excluding hydrogens is 472 g/mol. The second kappa shape index (κ2) is 9.83. The van der Waals surface area contributed by atoms with Gasteiger partial charge in [-0.1, -0.05) is 41.1 Å². The van der Waals surface area contributed by atoms with Crippen LogP contribution in [-0.4, -0.2) is 29.5 Å². The summed E-state index contributed by atoms with van der Waals surface area (Å²) in [6.45, 7) is 4.05. The third-order valence-corrected chi connectivity index (χ3v) is 6.48. The summed E-state index contributed by atoms with van der Waals surface area (Å²) in [5.74, 6) is 2.47. The van der Waals surface area contributed by atoms with E-state index < -0.39 is 0 Å². The van der Waals surface area contributed by atoms with Crippen LogP contribution in [0.15, 0.2) is 83.0 Å². The molecule has 1 aliphatic heterocycles. The number of allylic oxidation sites excluding steroid dienone is 1. The van der Waals surface area contributed by atoms with E-state index in [9.17, 15) is 0 Å². The smallest absolute Gasteiger partial charge is 0.258 e. The van der Waals surface area contributed by atoms with Gasteiger partial charge >= 0.3 is 0 Å². The van der Waals surface area contributed by atoms with Gasteiger partial charge in [0.05, 0.1) is 25.8 Å². The number of aromatic nitrogens is 2. The molecule has 5 rings (SSSR count). The third-order valence-electron chi connectivity index (χ3n) is 6.18. The minimum absolute atomic E-state index is 0.312. The van der Waals surface area contributed by atoms with E-state index >= 15 is 0 Å². The molecule has 1 aliphatic rings. The van der Waals surface area contributed by atoms with Crippen LogP contribution in [0.3, 0.4) is 0 Å². The maximum absolute atomic E-state index is 5.85. The van der Waals surface area contributed by atoms with Crippen molar-refractivity contribution in [1.82, 2.24) is 15.5 Å². The molecule has 1 atom stereocenters. The molecule has 1 N–H and O–H groups in total. The summed E-state index contributed by atoms with van der Waals surface area (Å²) >= 11 is 5.84. The van der Waals surface area contributed by atoms with Crippen LogP contribution in [0.25, 0.3) is 17.0 Å². The fourth-order valence-electron chi connectivity index (χ4n) is 4.37. The van der Waals surface area contributed by atoms with Crippen LogP contribution in [0.4, 0.5) is 5.69 Å². The highest BCUT2D eigenvalue weighted by molar-refractivity contribution is 7.80. The van der Waals surface area contributed by atoms with Gasteiger partial charge in [-0.05, 0) is 74.1 Å². The van der Waals surface area contributed by atoms with Gasteiger partial charge in [0.1, 0.15) is 11.5 Å². The molecule has 0 amide bonds. The summed E-state index contributed by atoms with van der Waals surface area (Å²) < 4.78 is 16.7. The first-order chi connectivity index (χ1) is 17.5. The number of ether oxygens (including phenoxy) is 2. The molecule has 0 saturated heterocycles. The van der Waals surface area contributed by atoms with E-state index in [1.165, 1.54) is 0 Å². The van der Waals surface area contributed by atoms with Gasteiger partial charge in [0.25, 0.3) is 5.89 Å². The second-order valence-electron chi connectivity index (χ2n) is 8.48. The van der Waals surface area contributed by atoms with Crippen LogP contribution in [-0.2, 0) is 0 Å². The van der Waals surface area contributed by atoms with Gasteiger partial charge in [0.15, 0.2) is 5.11 Å². The minimum atomic E-state index is -0.312. The lowest BCUT2D eigenvalue weighted by atomic mass is 9.94. The zero-order valence-corrected chi connectivity index (χ0v) is 21.3. The standard InChI is InChI=1S/C28H26N4O3S/c1-17-7-5-9-20(15-17)26-30-27(35-31-26)24-18(2)32(21-11-13-22(33-3)14-12-21)28(36)29-25(24)19-8-6-10-23(16-19)34-4/h5-16,25H,1-4H3,(H,29,36). The number of anilines is 1. The lowest BCUT2D eigenvalue weighted by Gasteiger charge is -2.37. The Kier molecular flexibility index (Phi) is 6.43. The van der Waals surface area contributed by atoms with Crippen LogP contribution < -0.4 is 19.7 Å². The van der Waals surface area contributed by atoms with Crippen molar-refractivity contribution < 1.29 is 14.0 Å². The zero-order chi connectivity index (χ0) is 25.2. The summed E-state index contributed by atoms with van der Waals surface area (Å²) in [4.78, 5) is 6.77. The lowest BCUT2D eigenvalue weighted by Crippen LogP contribution is -2.46. The van der Waals surface area contributed by atoms with Crippen molar-refractivity contribution in [2.45, 2.75) is 19.9 Å². The van der Waals surface area contributed by atoms with Crippen molar-refractivity contribution in [2.75, 3.05) is 19.1 Å². The van der Waals surface area contributed by atoms with Crippen molar-refractivity contribution >= 4 is 28.6 Å². The van der Waals surface area contributed by atoms with E-state index in [0.717, 1.165) is 45.1 Å². The monoisotopic (exact) mass is 498 g/mol. The highest BCUT2D eigenvalue weighted by Crippen LogP contribution is 2.40. The molecule has 0 saturated carbocycles. The molecule has 182 valence electrons. The predicted molar refractivity (Wildman–Crippen MR) is 144 cm³/mol. The van der Waals surface area contributed by atoms with Gasteiger partial charge in [0.2, 0.25) is 5.82 Å². The molecular formula is C28H26N4O3S. The largest absolute Gasteiger partial charge is 0.497 e. The minimum Gasteiger partial charge on any atom is -0.497 e. The summed E-state index contributed by atoms with van der Waals surface area (Å²) in [5, 5.41) is 8.34. The number of nitrogens with one attached hydrogen (secondary N) is 1. The van der Waals surface area contributed by atoms with Crippen LogP contribution in [0, 0.1) is 6.92 Å². The van der Waals surface area contributed by atoms with Gasteiger partial charge in [-0.25, -0.2) is 0 Å². The maximum atomic E-state index is 5.85. The molecule has 0 spiro atoms. The molecule has 2 heterocycles. The number of aryl methyl sites for hydroxylation is 1. The second-order valence-corrected chi connectivity index (χ2v) is 8.87. The molecule has 0 fully saturated rings. The third kappa shape index (κ3) is 4.43. The van der Waals surface area contributed by atoms with Crippen molar-refractivity contribution in [2.24, 2.45) is 0 Å². The maximum Gasteiger partial charge on any atom is 0.258 e. The number of rotatable bonds is 6. The van der Waals surface area contributed by atoms with E-state index in [-0.39, 0.29) is 6.04 Å². The fraction of sp³-hybridized carbons (Fsp3) is 0.179. The van der Waals surface area contributed by atoms with Crippen molar-refractivity contribution in [1.29, 1.82) is 0 Å². The zero-order valence-electron chi connectivity index (χ0n) is 20.5. The Bertz CT molecular complexity index is 1450. The lowest BCUT2D eigenvalue weighted by molar-refractivity contribution is 0.403. The Morgan fingerprint density at radius 2 is 1.67 bits per heavy atom. The number of methoxy groups -OCH3 is 2. The van der Waals surface area contributed by atoms with Gasteiger partial charge in [-0.3, -0.25) is 4.90 Å². The molecule has 1 aromatic heterocycles. The first kappa shape index (κ1) is 23.6. The highest BCUT2D eigenvalue weighted by atomic mass is 32.1. The summed E-state index contributed by atoms with van der Waals surface area (Å²) in [6.07, 6.45) is 0. The molecule has 36 heavy (non-hydrogen) atoms. The quantitative estimate of drug-likeness (QED) is 0.328. The Morgan fingerprint density at radius 3 is 2.39 bits per heavy atom. The topological polar surface area (TPSA) is 72.7 Å². The van der Waals surface area contributed by atoms with E-state index in [1.807, 2.05) is 91.5 Å². The average molecular weight is 499 g/mol. The fourth-order valence-corrected chi connectivity index (χ4v) is 4.73. The van der Waals surface area contributed by atoms with Crippen molar-refractivity contribution in [3.05, 3.63) is 95.5 Å². The Balaban J connectivity index is 1.65. The van der Waals surface area contributed by atoms with Gasteiger partial charge in [0, 0.05) is 16.9 Å². The number of nitrogens with zero attached hydrogens (tertiary/aromatic N) is 3.